The summed E-state index contributed by atoms with van der Waals surface area (Å²) in [5, 5.41) is 3.45. The summed E-state index contributed by atoms with van der Waals surface area (Å²) < 4.78 is 5.40. The van der Waals surface area contributed by atoms with Crippen molar-refractivity contribution in [3.63, 3.8) is 0 Å². The smallest absolute Gasteiger partial charge is 0.308 e. The molecule has 0 amide bonds. The molecule has 0 aromatic rings. The maximum absolute atomic E-state index is 11.8. The van der Waals surface area contributed by atoms with Crippen molar-refractivity contribution in [2.75, 3.05) is 13.2 Å². The van der Waals surface area contributed by atoms with Gasteiger partial charge in [0.15, 0.2) is 0 Å². The Morgan fingerprint density at radius 1 is 1.11 bits per heavy atom. The molecule has 0 spiro atoms. The summed E-state index contributed by atoms with van der Waals surface area (Å²) in [6, 6.07) is 0.294. The van der Waals surface area contributed by atoms with Crippen LogP contribution in [0.15, 0.2) is 0 Å². The summed E-state index contributed by atoms with van der Waals surface area (Å²) in [7, 11) is 0. The summed E-state index contributed by atoms with van der Waals surface area (Å²) >= 11 is 0. The first-order valence-corrected chi connectivity index (χ1v) is 7.45. The van der Waals surface area contributed by atoms with Crippen LogP contribution in [0.2, 0.25) is 0 Å². The molecular formula is C15H31NO2. The van der Waals surface area contributed by atoms with Gasteiger partial charge >= 0.3 is 5.97 Å². The standard InChI is InChI=1S/C15H31NO2/c1-6-13(7-2)15(17)18-11-14(8-3)16-10-9-12(4)5/h12-14,16H,6-11H2,1-5H3. The molecule has 0 heterocycles. The van der Waals surface area contributed by atoms with Gasteiger partial charge in [-0.15, -0.1) is 0 Å². The van der Waals surface area contributed by atoms with Crippen molar-refractivity contribution in [2.45, 2.75) is 66.3 Å². The first-order chi connectivity index (χ1) is 8.54. The Kier molecular flexibility index (Phi) is 10.0. The van der Waals surface area contributed by atoms with E-state index < -0.39 is 0 Å². The normalized spacial score (nSPS) is 13.1. The lowest BCUT2D eigenvalue weighted by molar-refractivity contribution is -0.149. The van der Waals surface area contributed by atoms with Crippen molar-refractivity contribution in [1.82, 2.24) is 5.32 Å². The predicted molar refractivity (Wildman–Crippen MR) is 76.6 cm³/mol. The Labute approximate surface area is 113 Å². The van der Waals surface area contributed by atoms with Crippen molar-refractivity contribution in [1.29, 1.82) is 0 Å². The van der Waals surface area contributed by atoms with E-state index in [2.05, 4.69) is 26.1 Å². The number of rotatable bonds is 10. The van der Waals surface area contributed by atoms with Crippen LogP contribution in [0.1, 0.15) is 60.3 Å². The van der Waals surface area contributed by atoms with E-state index in [1.807, 2.05) is 13.8 Å². The van der Waals surface area contributed by atoms with Gasteiger partial charge in [-0.3, -0.25) is 4.79 Å². The van der Waals surface area contributed by atoms with Crippen LogP contribution < -0.4 is 5.32 Å². The van der Waals surface area contributed by atoms with E-state index in [1.54, 1.807) is 0 Å². The molecule has 0 aromatic heterocycles. The highest BCUT2D eigenvalue weighted by Gasteiger charge is 2.17. The predicted octanol–water partition coefficient (Wildman–Crippen LogP) is 3.38. The first kappa shape index (κ1) is 17.4. The van der Waals surface area contributed by atoms with Gasteiger partial charge in [0.2, 0.25) is 0 Å². The van der Waals surface area contributed by atoms with Crippen LogP contribution in [0.3, 0.4) is 0 Å². The van der Waals surface area contributed by atoms with Gasteiger partial charge in [-0.2, -0.15) is 0 Å². The third kappa shape index (κ3) is 7.70. The van der Waals surface area contributed by atoms with E-state index in [4.69, 9.17) is 4.74 Å². The summed E-state index contributed by atoms with van der Waals surface area (Å²) in [5.41, 5.74) is 0. The molecule has 18 heavy (non-hydrogen) atoms. The Hall–Kier alpha value is -0.570. The van der Waals surface area contributed by atoms with E-state index >= 15 is 0 Å². The Morgan fingerprint density at radius 3 is 2.17 bits per heavy atom. The number of carbonyl (C=O) groups excluding carboxylic acids is 1. The van der Waals surface area contributed by atoms with Crippen LogP contribution in [-0.2, 0) is 9.53 Å². The Bertz CT molecular complexity index is 213. The van der Waals surface area contributed by atoms with Crippen LogP contribution in [0.4, 0.5) is 0 Å². The van der Waals surface area contributed by atoms with Gasteiger partial charge in [0, 0.05) is 6.04 Å². The summed E-state index contributed by atoms with van der Waals surface area (Å²) in [5.74, 6) is 0.740. The molecule has 0 rings (SSSR count). The maximum Gasteiger partial charge on any atom is 0.308 e. The van der Waals surface area contributed by atoms with Gasteiger partial charge in [-0.05, 0) is 38.1 Å². The first-order valence-electron chi connectivity index (χ1n) is 7.45. The fourth-order valence-electron chi connectivity index (χ4n) is 1.82. The van der Waals surface area contributed by atoms with E-state index in [0.29, 0.717) is 18.6 Å². The molecule has 0 aliphatic carbocycles. The molecule has 108 valence electrons. The zero-order valence-corrected chi connectivity index (χ0v) is 12.8. The number of esters is 1. The molecule has 3 heteroatoms. The molecule has 1 atom stereocenters. The lowest BCUT2D eigenvalue weighted by Crippen LogP contribution is -2.35. The second kappa shape index (κ2) is 10.4. The van der Waals surface area contributed by atoms with E-state index in [9.17, 15) is 4.79 Å². The highest BCUT2D eigenvalue weighted by molar-refractivity contribution is 5.72. The highest BCUT2D eigenvalue weighted by atomic mass is 16.5. The third-order valence-corrected chi connectivity index (χ3v) is 3.39. The van der Waals surface area contributed by atoms with Gasteiger partial charge in [-0.25, -0.2) is 0 Å². The topological polar surface area (TPSA) is 38.3 Å². The average Bonchev–Trinajstić information content (AvgIpc) is 2.34. The largest absolute Gasteiger partial charge is 0.464 e. The summed E-state index contributed by atoms with van der Waals surface area (Å²) in [6.45, 7) is 12.1. The molecule has 0 aliphatic rings. The van der Waals surface area contributed by atoms with Crippen LogP contribution in [0.25, 0.3) is 0 Å². The van der Waals surface area contributed by atoms with Crippen molar-refractivity contribution >= 4 is 5.97 Å². The molecule has 0 radical (unpaired) electrons. The Balaban J connectivity index is 3.88. The van der Waals surface area contributed by atoms with Crippen molar-refractivity contribution in [3.8, 4) is 0 Å². The minimum absolute atomic E-state index is 0.0379. The molecule has 0 saturated heterocycles. The number of nitrogens with one attached hydrogen (secondary N) is 1. The number of ether oxygens (including phenoxy) is 1. The molecule has 0 saturated carbocycles. The van der Waals surface area contributed by atoms with E-state index in [0.717, 1.165) is 32.2 Å². The van der Waals surface area contributed by atoms with Crippen molar-refractivity contribution < 1.29 is 9.53 Å². The molecule has 0 aliphatic heterocycles. The van der Waals surface area contributed by atoms with Crippen LogP contribution in [0.5, 0.6) is 0 Å². The van der Waals surface area contributed by atoms with Crippen LogP contribution >= 0.6 is 0 Å². The molecular weight excluding hydrogens is 226 g/mol. The molecule has 0 bridgehead atoms. The minimum Gasteiger partial charge on any atom is -0.464 e. The fraction of sp³-hybridized carbons (Fsp3) is 0.933. The fourth-order valence-corrected chi connectivity index (χ4v) is 1.82. The zero-order valence-electron chi connectivity index (χ0n) is 12.8. The highest BCUT2D eigenvalue weighted by Crippen LogP contribution is 2.10. The van der Waals surface area contributed by atoms with Crippen LogP contribution in [0, 0.1) is 11.8 Å². The monoisotopic (exact) mass is 257 g/mol. The van der Waals surface area contributed by atoms with Crippen molar-refractivity contribution in [2.24, 2.45) is 11.8 Å². The number of hydrogen-bond acceptors (Lipinski definition) is 3. The molecule has 0 fully saturated rings. The Morgan fingerprint density at radius 2 is 1.72 bits per heavy atom. The molecule has 1 N–H and O–H groups in total. The lowest BCUT2D eigenvalue weighted by atomic mass is 10.0. The quantitative estimate of drug-likeness (QED) is 0.610. The van der Waals surface area contributed by atoms with Gasteiger partial charge in [0.1, 0.15) is 6.61 Å². The van der Waals surface area contributed by atoms with Gasteiger partial charge in [-0.1, -0.05) is 34.6 Å². The second-order valence-electron chi connectivity index (χ2n) is 5.39. The second-order valence-corrected chi connectivity index (χ2v) is 5.39. The SMILES string of the molecule is CCC(COC(=O)C(CC)CC)NCCC(C)C. The van der Waals surface area contributed by atoms with E-state index in [-0.39, 0.29) is 11.9 Å². The third-order valence-electron chi connectivity index (χ3n) is 3.39. The number of hydrogen-bond donors (Lipinski definition) is 1. The van der Waals surface area contributed by atoms with Gasteiger partial charge in [0.05, 0.1) is 5.92 Å². The molecule has 1 unspecified atom stereocenters. The van der Waals surface area contributed by atoms with Crippen LogP contribution in [-0.4, -0.2) is 25.2 Å². The van der Waals surface area contributed by atoms with Crippen molar-refractivity contribution in [3.05, 3.63) is 0 Å². The zero-order chi connectivity index (χ0) is 14.0. The van der Waals surface area contributed by atoms with Gasteiger partial charge in [0.25, 0.3) is 0 Å². The summed E-state index contributed by atoms with van der Waals surface area (Å²) in [6.07, 6.45) is 3.89. The maximum atomic E-state index is 11.8. The lowest BCUT2D eigenvalue weighted by Gasteiger charge is -2.19. The average molecular weight is 257 g/mol. The van der Waals surface area contributed by atoms with E-state index in [1.165, 1.54) is 0 Å². The minimum atomic E-state index is -0.0379. The molecule has 3 nitrogen and oxygen atoms in total. The van der Waals surface area contributed by atoms with Gasteiger partial charge < -0.3 is 10.1 Å². The summed E-state index contributed by atoms with van der Waals surface area (Å²) in [4.78, 5) is 11.8. The number of carbonyl (C=O) groups is 1. The molecule has 0 aromatic carbocycles.